The van der Waals surface area contributed by atoms with Crippen molar-refractivity contribution in [3.63, 3.8) is 0 Å². The van der Waals surface area contributed by atoms with Gasteiger partial charge in [0.05, 0.1) is 17.3 Å². The molecule has 49 heavy (non-hydrogen) atoms. The minimum Gasteiger partial charge on any atom is -0.464 e. The molecule has 0 saturated carbocycles. The Labute approximate surface area is 280 Å². The molecule has 0 bridgehead atoms. The molecule has 0 atom stereocenters. The van der Waals surface area contributed by atoms with E-state index in [9.17, 15) is 0 Å². The summed E-state index contributed by atoms with van der Waals surface area (Å²) in [4.78, 5) is 0. The molecule has 11 rings (SSSR count). The smallest absolute Gasteiger partial charge is 0.143 e. The maximum atomic E-state index is 6.72. The van der Waals surface area contributed by atoms with Gasteiger partial charge in [0.1, 0.15) is 16.7 Å². The average Bonchev–Trinajstić information content (AvgIpc) is 3.86. The van der Waals surface area contributed by atoms with Gasteiger partial charge in [-0.1, -0.05) is 115 Å². The Morgan fingerprint density at radius 2 is 1.06 bits per heavy atom. The van der Waals surface area contributed by atoms with Gasteiger partial charge in [0.15, 0.2) is 0 Å². The minimum atomic E-state index is 0.865. The van der Waals surface area contributed by atoms with E-state index in [2.05, 4.69) is 156 Å². The fourth-order valence-electron chi connectivity index (χ4n) is 8.16. The van der Waals surface area contributed by atoms with E-state index in [1.807, 2.05) is 6.07 Å². The maximum Gasteiger partial charge on any atom is 0.143 e. The van der Waals surface area contributed by atoms with Crippen molar-refractivity contribution in [1.82, 2.24) is 4.57 Å². The van der Waals surface area contributed by atoms with Crippen LogP contribution < -0.4 is 0 Å². The Kier molecular flexibility index (Phi) is 5.38. The largest absolute Gasteiger partial charge is 0.464 e. The normalized spacial score (nSPS) is 12.1. The molecule has 0 fully saturated rings. The fourth-order valence-corrected chi connectivity index (χ4v) is 8.16. The number of fused-ring (bicyclic) bond motifs is 9. The monoisotopic (exact) mass is 625 g/mol. The van der Waals surface area contributed by atoms with Crippen LogP contribution in [-0.2, 0) is 0 Å². The van der Waals surface area contributed by atoms with Crippen LogP contribution in [0.1, 0.15) is 0 Å². The van der Waals surface area contributed by atoms with E-state index in [4.69, 9.17) is 8.83 Å². The molecule has 8 aromatic carbocycles. The van der Waals surface area contributed by atoms with Crippen molar-refractivity contribution in [2.75, 3.05) is 0 Å². The highest BCUT2D eigenvalue weighted by atomic mass is 16.3. The molecule has 0 unspecified atom stereocenters. The SMILES string of the molecule is c1ccc(-n2c3ccccc3c3ccc(-c4c5ccccc5c(-c5cccc6c5oc5cc7ccoc7cc56)c5ccccc45)cc32)cc1. The predicted octanol–water partition coefficient (Wildman–Crippen LogP) is 13.1. The summed E-state index contributed by atoms with van der Waals surface area (Å²) in [5.41, 5.74) is 10.9. The van der Waals surface area contributed by atoms with Crippen LogP contribution in [0.3, 0.4) is 0 Å². The van der Waals surface area contributed by atoms with Crippen LogP contribution in [0, 0.1) is 0 Å². The number of aromatic nitrogens is 1. The summed E-state index contributed by atoms with van der Waals surface area (Å²) in [5, 5.41) is 10.5. The Morgan fingerprint density at radius 3 is 1.84 bits per heavy atom. The van der Waals surface area contributed by atoms with Crippen LogP contribution in [0.5, 0.6) is 0 Å². The summed E-state index contributed by atoms with van der Waals surface area (Å²) in [5.74, 6) is 0. The molecule has 3 aromatic heterocycles. The molecule has 0 aliphatic heterocycles. The zero-order chi connectivity index (χ0) is 32.1. The number of para-hydroxylation sites is 3. The molecule has 0 aliphatic carbocycles. The van der Waals surface area contributed by atoms with Gasteiger partial charge in [-0.15, -0.1) is 0 Å². The predicted molar refractivity (Wildman–Crippen MR) is 204 cm³/mol. The molecule has 0 radical (unpaired) electrons. The zero-order valence-electron chi connectivity index (χ0n) is 26.4. The van der Waals surface area contributed by atoms with Gasteiger partial charge in [0, 0.05) is 43.7 Å². The first-order valence-corrected chi connectivity index (χ1v) is 16.7. The van der Waals surface area contributed by atoms with E-state index in [0.717, 1.165) is 44.2 Å². The Morgan fingerprint density at radius 1 is 0.408 bits per heavy atom. The average molecular weight is 626 g/mol. The van der Waals surface area contributed by atoms with E-state index >= 15 is 0 Å². The van der Waals surface area contributed by atoms with Crippen molar-refractivity contribution in [3.05, 3.63) is 164 Å². The van der Waals surface area contributed by atoms with Crippen LogP contribution >= 0.6 is 0 Å². The van der Waals surface area contributed by atoms with E-state index < -0.39 is 0 Å². The standard InChI is InChI=1S/C46H27NO2/c1-2-11-30(12-3-1)47-40-20-9-8-13-31(40)32-22-21-29(25-41(32)47)44-33-14-4-6-16-35(33)45(36-17-7-5-15-34(36)44)38-19-10-18-37-39-27-42-28(23-24-48-42)26-43(39)49-46(37)38/h1-27H. The highest BCUT2D eigenvalue weighted by Gasteiger charge is 2.21. The lowest BCUT2D eigenvalue weighted by Crippen LogP contribution is -1.94. The Hall–Kier alpha value is -6.58. The van der Waals surface area contributed by atoms with Crippen LogP contribution in [-0.4, -0.2) is 4.57 Å². The zero-order valence-corrected chi connectivity index (χ0v) is 26.4. The summed E-state index contributed by atoms with van der Waals surface area (Å²) >= 11 is 0. The quantitative estimate of drug-likeness (QED) is 0.183. The maximum absolute atomic E-state index is 6.72. The number of rotatable bonds is 3. The fraction of sp³-hybridized carbons (Fsp3) is 0. The van der Waals surface area contributed by atoms with E-state index in [0.29, 0.717) is 0 Å². The molecule has 0 saturated heterocycles. The highest BCUT2D eigenvalue weighted by molar-refractivity contribution is 6.25. The van der Waals surface area contributed by atoms with Crippen molar-refractivity contribution in [2.45, 2.75) is 0 Å². The number of furan rings is 2. The lowest BCUT2D eigenvalue weighted by Gasteiger charge is -2.18. The number of hydrogen-bond donors (Lipinski definition) is 0. The van der Waals surface area contributed by atoms with Gasteiger partial charge in [-0.2, -0.15) is 0 Å². The topological polar surface area (TPSA) is 31.2 Å². The first kappa shape index (κ1) is 26.5. The summed E-state index contributed by atoms with van der Waals surface area (Å²) in [6, 6.07) is 56.7. The van der Waals surface area contributed by atoms with Crippen LogP contribution in [0.2, 0.25) is 0 Å². The molecule has 0 spiro atoms. The van der Waals surface area contributed by atoms with Crippen molar-refractivity contribution in [3.8, 4) is 27.9 Å². The molecule has 0 aliphatic rings. The van der Waals surface area contributed by atoms with Crippen molar-refractivity contribution in [1.29, 1.82) is 0 Å². The number of nitrogens with zero attached hydrogens (tertiary/aromatic N) is 1. The Bertz CT molecular complexity index is 3050. The second-order valence-electron chi connectivity index (χ2n) is 12.9. The van der Waals surface area contributed by atoms with Crippen molar-refractivity contribution < 1.29 is 8.83 Å². The van der Waals surface area contributed by atoms with Gasteiger partial charge in [-0.05, 0) is 75.1 Å². The first-order chi connectivity index (χ1) is 24.3. The van der Waals surface area contributed by atoms with Crippen molar-refractivity contribution >= 4 is 76.3 Å². The molecule has 3 nitrogen and oxygen atoms in total. The van der Waals surface area contributed by atoms with E-state index in [1.54, 1.807) is 6.26 Å². The van der Waals surface area contributed by atoms with E-state index in [1.165, 1.54) is 60.0 Å². The van der Waals surface area contributed by atoms with Gasteiger partial charge >= 0.3 is 0 Å². The molecule has 11 aromatic rings. The van der Waals surface area contributed by atoms with Crippen LogP contribution in [0.4, 0.5) is 0 Å². The number of benzene rings is 8. The summed E-state index contributed by atoms with van der Waals surface area (Å²) < 4.78 is 14.9. The third-order valence-electron chi connectivity index (χ3n) is 10.2. The van der Waals surface area contributed by atoms with Gasteiger partial charge in [0.25, 0.3) is 0 Å². The van der Waals surface area contributed by atoms with Gasteiger partial charge in [-0.3, -0.25) is 0 Å². The lowest BCUT2D eigenvalue weighted by atomic mass is 9.85. The summed E-state index contributed by atoms with van der Waals surface area (Å²) in [7, 11) is 0. The molecular weight excluding hydrogens is 599 g/mol. The molecule has 3 heteroatoms. The summed E-state index contributed by atoms with van der Waals surface area (Å²) in [6.45, 7) is 0. The van der Waals surface area contributed by atoms with Gasteiger partial charge in [0.2, 0.25) is 0 Å². The van der Waals surface area contributed by atoms with Gasteiger partial charge < -0.3 is 13.4 Å². The van der Waals surface area contributed by atoms with Crippen molar-refractivity contribution in [2.24, 2.45) is 0 Å². The molecular formula is C46H27NO2. The second-order valence-corrected chi connectivity index (χ2v) is 12.9. The highest BCUT2D eigenvalue weighted by Crippen LogP contribution is 2.47. The third kappa shape index (κ3) is 3.73. The first-order valence-electron chi connectivity index (χ1n) is 16.7. The molecule has 3 heterocycles. The summed E-state index contributed by atoms with van der Waals surface area (Å²) in [6.07, 6.45) is 1.73. The lowest BCUT2D eigenvalue weighted by molar-refractivity contribution is 0.616. The molecule has 228 valence electrons. The number of hydrogen-bond acceptors (Lipinski definition) is 2. The molecule has 0 N–H and O–H groups in total. The second kappa shape index (κ2) is 9.96. The molecule has 0 amide bonds. The Balaban J connectivity index is 1.23. The van der Waals surface area contributed by atoms with Crippen LogP contribution in [0.15, 0.2) is 173 Å². The van der Waals surface area contributed by atoms with Gasteiger partial charge in [-0.25, -0.2) is 0 Å². The third-order valence-corrected chi connectivity index (χ3v) is 10.2. The minimum absolute atomic E-state index is 0.865. The van der Waals surface area contributed by atoms with E-state index in [-0.39, 0.29) is 0 Å². The van der Waals surface area contributed by atoms with Crippen LogP contribution in [0.25, 0.3) is 104 Å².